The van der Waals surface area contributed by atoms with Crippen molar-refractivity contribution >= 4 is 28.5 Å². The van der Waals surface area contributed by atoms with E-state index in [9.17, 15) is 4.79 Å². The van der Waals surface area contributed by atoms with Crippen LogP contribution in [0.5, 0.6) is 5.75 Å². The Morgan fingerprint density at radius 1 is 1.12 bits per heavy atom. The molecule has 0 fully saturated rings. The lowest BCUT2D eigenvalue weighted by molar-refractivity contribution is 0.0636. The van der Waals surface area contributed by atoms with Crippen LogP contribution in [-0.4, -0.2) is 60.9 Å². The number of nitrogens with zero attached hydrogens (tertiary/aromatic N) is 3. The van der Waals surface area contributed by atoms with Gasteiger partial charge in [0.2, 0.25) is 5.95 Å². The van der Waals surface area contributed by atoms with Gasteiger partial charge in [0, 0.05) is 30.2 Å². The van der Waals surface area contributed by atoms with E-state index >= 15 is 0 Å². The predicted octanol–water partition coefficient (Wildman–Crippen LogP) is 4.63. The van der Waals surface area contributed by atoms with Gasteiger partial charge in [-0.3, -0.25) is 5.32 Å². The molecule has 2 N–H and O–H groups in total. The summed E-state index contributed by atoms with van der Waals surface area (Å²) in [4.78, 5) is 23.5. The molecule has 0 aliphatic rings. The quantitative estimate of drug-likeness (QED) is 0.557. The maximum Gasteiger partial charge on any atom is 0.412 e. The molecule has 0 saturated heterocycles. The summed E-state index contributed by atoms with van der Waals surface area (Å²) in [6, 6.07) is 11.5. The number of carbonyl (C=O) groups is 1. The molecule has 0 saturated carbocycles. The molecule has 32 heavy (non-hydrogen) atoms. The van der Waals surface area contributed by atoms with E-state index in [1.54, 1.807) is 13.3 Å². The Labute approximate surface area is 189 Å². The number of fused-ring (bicyclic) bond motifs is 1. The molecule has 0 spiro atoms. The molecule has 0 unspecified atom stereocenters. The summed E-state index contributed by atoms with van der Waals surface area (Å²) < 4.78 is 10.8. The van der Waals surface area contributed by atoms with Crippen molar-refractivity contribution in [1.29, 1.82) is 0 Å². The molecule has 3 aromatic rings. The molecule has 8 heteroatoms. The third-order valence-electron chi connectivity index (χ3n) is 4.59. The Hall–Kier alpha value is -3.39. The molecule has 1 aromatic heterocycles. The van der Waals surface area contributed by atoms with Crippen LogP contribution in [0.15, 0.2) is 42.6 Å². The summed E-state index contributed by atoms with van der Waals surface area (Å²) in [6.07, 6.45) is 1.20. The van der Waals surface area contributed by atoms with E-state index in [0.29, 0.717) is 17.4 Å². The van der Waals surface area contributed by atoms with Crippen LogP contribution in [0, 0.1) is 0 Å². The molecule has 0 bridgehead atoms. The number of anilines is 2. The molecule has 3 rings (SSSR count). The molecule has 0 aliphatic carbocycles. The number of likely N-dealkylation sites (N-methyl/N-ethyl adjacent to an activating group) is 1. The summed E-state index contributed by atoms with van der Waals surface area (Å²) >= 11 is 0. The van der Waals surface area contributed by atoms with Crippen LogP contribution in [-0.2, 0) is 4.74 Å². The fourth-order valence-corrected chi connectivity index (χ4v) is 3.12. The zero-order valence-electron chi connectivity index (χ0n) is 19.5. The van der Waals surface area contributed by atoms with Gasteiger partial charge in [0.1, 0.15) is 11.4 Å². The summed E-state index contributed by atoms with van der Waals surface area (Å²) in [6.45, 7) is 7.09. The molecule has 1 amide bonds. The highest BCUT2D eigenvalue weighted by molar-refractivity contribution is 6.03. The van der Waals surface area contributed by atoms with E-state index in [1.807, 2.05) is 71.3 Å². The number of hydrogen-bond donors (Lipinski definition) is 2. The molecule has 2 aromatic carbocycles. The number of carbonyl (C=O) groups excluding carboxylic acids is 1. The van der Waals surface area contributed by atoms with Crippen LogP contribution in [0.1, 0.15) is 20.8 Å². The van der Waals surface area contributed by atoms with E-state index in [-0.39, 0.29) is 0 Å². The van der Waals surface area contributed by atoms with Crippen molar-refractivity contribution in [2.24, 2.45) is 0 Å². The highest BCUT2D eigenvalue weighted by atomic mass is 16.6. The minimum atomic E-state index is -0.602. The lowest BCUT2D eigenvalue weighted by atomic mass is 10.0. The van der Waals surface area contributed by atoms with Crippen LogP contribution in [0.3, 0.4) is 0 Å². The van der Waals surface area contributed by atoms with Gasteiger partial charge >= 0.3 is 6.09 Å². The minimum Gasteiger partial charge on any atom is -0.497 e. The first-order valence-corrected chi connectivity index (χ1v) is 10.5. The zero-order valence-corrected chi connectivity index (χ0v) is 19.5. The van der Waals surface area contributed by atoms with Crippen molar-refractivity contribution in [3.8, 4) is 17.0 Å². The number of rotatable bonds is 7. The molecule has 8 nitrogen and oxygen atoms in total. The van der Waals surface area contributed by atoms with E-state index in [2.05, 4.69) is 25.5 Å². The predicted molar refractivity (Wildman–Crippen MR) is 128 cm³/mol. The van der Waals surface area contributed by atoms with Gasteiger partial charge in [0.25, 0.3) is 0 Å². The zero-order chi connectivity index (χ0) is 23.3. The highest BCUT2D eigenvalue weighted by Gasteiger charge is 2.18. The molecule has 0 atom stereocenters. The van der Waals surface area contributed by atoms with Gasteiger partial charge in [-0.15, -0.1) is 0 Å². The Bertz CT molecular complexity index is 1090. The summed E-state index contributed by atoms with van der Waals surface area (Å²) in [7, 11) is 5.65. The van der Waals surface area contributed by atoms with Gasteiger partial charge in [-0.05, 0) is 70.6 Å². The summed E-state index contributed by atoms with van der Waals surface area (Å²) in [5, 5.41) is 7.91. The Kier molecular flexibility index (Phi) is 7.15. The Morgan fingerprint density at radius 2 is 1.91 bits per heavy atom. The largest absolute Gasteiger partial charge is 0.497 e. The smallest absolute Gasteiger partial charge is 0.412 e. The van der Waals surface area contributed by atoms with Gasteiger partial charge in [-0.1, -0.05) is 6.07 Å². The van der Waals surface area contributed by atoms with Gasteiger partial charge in [-0.25, -0.2) is 14.8 Å². The van der Waals surface area contributed by atoms with E-state index in [4.69, 9.17) is 9.47 Å². The third-order valence-corrected chi connectivity index (χ3v) is 4.59. The van der Waals surface area contributed by atoms with Crippen molar-refractivity contribution in [2.75, 3.05) is 44.9 Å². The van der Waals surface area contributed by atoms with Crippen LogP contribution in [0.2, 0.25) is 0 Å². The van der Waals surface area contributed by atoms with Crippen LogP contribution in [0.25, 0.3) is 22.0 Å². The standard InChI is InChI=1S/C24H31N5O3/c1-24(2,3)32-23(30)28-21-14-17(13-16-7-8-18(31-6)15-19(16)21)20-9-10-25-22(27-20)26-11-12-29(4)5/h7-10,13-15H,11-12H2,1-6H3,(H,28,30)(H,25,26,27). The average molecular weight is 438 g/mol. The average Bonchev–Trinajstić information content (AvgIpc) is 2.72. The molecular formula is C24H31N5O3. The monoisotopic (exact) mass is 437 g/mol. The van der Waals surface area contributed by atoms with Crippen LogP contribution >= 0.6 is 0 Å². The number of ether oxygens (including phenoxy) is 2. The fraction of sp³-hybridized carbons (Fsp3) is 0.375. The van der Waals surface area contributed by atoms with E-state index < -0.39 is 11.7 Å². The highest BCUT2D eigenvalue weighted by Crippen LogP contribution is 2.33. The van der Waals surface area contributed by atoms with Crippen molar-refractivity contribution in [3.05, 3.63) is 42.6 Å². The Balaban J connectivity index is 1.98. The van der Waals surface area contributed by atoms with Crippen molar-refractivity contribution in [2.45, 2.75) is 26.4 Å². The summed E-state index contributed by atoms with van der Waals surface area (Å²) in [5.74, 6) is 1.26. The molecule has 0 radical (unpaired) electrons. The second kappa shape index (κ2) is 9.82. The van der Waals surface area contributed by atoms with E-state index in [1.165, 1.54) is 0 Å². The lowest BCUT2D eigenvalue weighted by Gasteiger charge is -2.20. The number of benzene rings is 2. The number of aromatic nitrogens is 2. The van der Waals surface area contributed by atoms with Crippen LogP contribution in [0.4, 0.5) is 16.4 Å². The first-order valence-electron chi connectivity index (χ1n) is 10.5. The second-order valence-corrected chi connectivity index (χ2v) is 8.73. The first-order chi connectivity index (χ1) is 15.1. The van der Waals surface area contributed by atoms with Gasteiger partial charge in [0.05, 0.1) is 18.5 Å². The topological polar surface area (TPSA) is 88.6 Å². The maximum atomic E-state index is 12.5. The fourth-order valence-electron chi connectivity index (χ4n) is 3.12. The third kappa shape index (κ3) is 6.31. The molecule has 1 heterocycles. The van der Waals surface area contributed by atoms with Crippen molar-refractivity contribution in [3.63, 3.8) is 0 Å². The van der Waals surface area contributed by atoms with E-state index in [0.717, 1.165) is 35.1 Å². The van der Waals surface area contributed by atoms with Gasteiger partial charge in [0.15, 0.2) is 0 Å². The number of amides is 1. The molecular weight excluding hydrogens is 406 g/mol. The second-order valence-electron chi connectivity index (χ2n) is 8.73. The van der Waals surface area contributed by atoms with Gasteiger partial charge < -0.3 is 19.7 Å². The normalized spacial score (nSPS) is 11.5. The number of nitrogens with one attached hydrogen (secondary N) is 2. The Morgan fingerprint density at radius 3 is 2.59 bits per heavy atom. The van der Waals surface area contributed by atoms with Crippen molar-refractivity contribution < 1.29 is 14.3 Å². The number of hydrogen-bond acceptors (Lipinski definition) is 7. The first kappa shape index (κ1) is 23.3. The molecule has 0 aliphatic heterocycles. The van der Waals surface area contributed by atoms with Gasteiger partial charge in [-0.2, -0.15) is 0 Å². The molecule has 170 valence electrons. The summed E-state index contributed by atoms with van der Waals surface area (Å²) in [5.41, 5.74) is 1.62. The minimum absolute atomic E-state index is 0.521. The maximum absolute atomic E-state index is 12.5. The van der Waals surface area contributed by atoms with Crippen LogP contribution < -0.4 is 15.4 Å². The van der Waals surface area contributed by atoms with Crippen molar-refractivity contribution in [1.82, 2.24) is 14.9 Å². The number of methoxy groups -OCH3 is 1. The SMILES string of the molecule is COc1ccc2cc(-c3ccnc(NCCN(C)C)n3)cc(NC(=O)OC(C)(C)C)c2c1. The lowest BCUT2D eigenvalue weighted by Crippen LogP contribution is -2.27.